The zero-order chi connectivity index (χ0) is 19.8. The molecular weight excluding hydrogens is 410 g/mol. The van der Waals surface area contributed by atoms with Crippen LogP contribution in [0.4, 0.5) is 5.69 Å². The maximum absolute atomic E-state index is 12.5. The molecule has 0 saturated carbocycles. The summed E-state index contributed by atoms with van der Waals surface area (Å²) in [6.45, 7) is 1.74. The van der Waals surface area contributed by atoms with Crippen LogP contribution in [-0.4, -0.2) is 19.6 Å². The van der Waals surface area contributed by atoms with E-state index in [1.54, 1.807) is 24.3 Å². The molecule has 0 spiro atoms. The highest BCUT2D eigenvalue weighted by molar-refractivity contribution is 9.10. The predicted molar refractivity (Wildman–Crippen MR) is 105 cm³/mol. The lowest BCUT2D eigenvalue weighted by molar-refractivity contribution is -0.112. The van der Waals surface area contributed by atoms with Crippen molar-refractivity contribution in [2.24, 2.45) is 0 Å². The van der Waals surface area contributed by atoms with Crippen LogP contribution in [-0.2, 0) is 4.79 Å². The quantitative estimate of drug-likeness (QED) is 0.552. The Morgan fingerprint density at radius 3 is 2.63 bits per heavy atom. The van der Waals surface area contributed by atoms with Crippen molar-refractivity contribution < 1.29 is 14.3 Å². The van der Waals surface area contributed by atoms with Gasteiger partial charge in [-0.2, -0.15) is 10.5 Å². The second-order valence-electron chi connectivity index (χ2n) is 5.41. The molecule has 0 atom stereocenters. The third kappa shape index (κ3) is 5.10. The molecule has 2 aromatic rings. The first-order valence-corrected chi connectivity index (χ1v) is 8.65. The van der Waals surface area contributed by atoms with Crippen LogP contribution in [0.1, 0.15) is 11.1 Å². The van der Waals surface area contributed by atoms with E-state index in [9.17, 15) is 10.1 Å². The van der Waals surface area contributed by atoms with Crippen LogP contribution in [0.5, 0.6) is 11.5 Å². The van der Waals surface area contributed by atoms with Gasteiger partial charge >= 0.3 is 0 Å². The van der Waals surface area contributed by atoms with Crippen molar-refractivity contribution >= 4 is 33.6 Å². The van der Waals surface area contributed by atoms with Crippen molar-refractivity contribution in [1.82, 2.24) is 0 Å². The first-order valence-electron chi connectivity index (χ1n) is 7.86. The summed E-state index contributed by atoms with van der Waals surface area (Å²) >= 11 is 3.38. The maximum atomic E-state index is 12.5. The molecule has 0 aliphatic rings. The number of aryl methyl sites for hydroxylation is 1. The molecule has 136 valence electrons. The summed E-state index contributed by atoms with van der Waals surface area (Å²) in [7, 11) is 1.46. The van der Waals surface area contributed by atoms with E-state index >= 15 is 0 Å². The second-order valence-corrected chi connectivity index (χ2v) is 6.26. The summed E-state index contributed by atoms with van der Waals surface area (Å²) in [6.07, 6.45) is 1.45. The van der Waals surface area contributed by atoms with Crippen molar-refractivity contribution in [3.05, 3.63) is 57.6 Å². The number of carbonyl (C=O) groups excluding carboxylic acids is 1. The van der Waals surface area contributed by atoms with Gasteiger partial charge in [0.1, 0.15) is 17.7 Å². The molecule has 0 saturated heterocycles. The average molecular weight is 426 g/mol. The number of amides is 1. The highest BCUT2D eigenvalue weighted by Gasteiger charge is 2.14. The van der Waals surface area contributed by atoms with E-state index in [0.29, 0.717) is 27.2 Å². The molecule has 0 bridgehead atoms. The largest absolute Gasteiger partial charge is 0.493 e. The summed E-state index contributed by atoms with van der Waals surface area (Å²) in [5.41, 5.74) is 2.03. The zero-order valence-corrected chi connectivity index (χ0v) is 16.3. The van der Waals surface area contributed by atoms with Crippen molar-refractivity contribution in [2.75, 3.05) is 19.0 Å². The van der Waals surface area contributed by atoms with Crippen LogP contribution >= 0.6 is 15.9 Å². The number of ether oxygens (including phenoxy) is 2. The minimum absolute atomic E-state index is 0.0632. The summed E-state index contributed by atoms with van der Waals surface area (Å²) in [4.78, 5) is 12.5. The van der Waals surface area contributed by atoms with Crippen molar-refractivity contribution in [3.8, 4) is 23.6 Å². The summed E-state index contributed by atoms with van der Waals surface area (Å²) in [6, 6.07) is 14.3. The van der Waals surface area contributed by atoms with Crippen LogP contribution in [0, 0.1) is 29.6 Å². The number of carbonyl (C=O) groups is 1. The molecule has 1 N–H and O–H groups in total. The summed E-state index contributed by atoms with van der Waals surface area (Å²) in [5.74, 6) is 0.254. The smallest absolute Gasteiger partial charge is 0.266 e. The Bertz CT molecular complexity index is 971. The van der Waals surface area contributed by atoms with Gasteiger partial charge in [-0.05, 0) is 42.3 Å². The Hall–Kier alpha value is -3.29. The number of hydrogen-bond donors (Lipinski definition) is 1. The van der Waals surface area contributed by atoms with Gasteiger partial charge in [-0.1, -0.05) is 34.1 Å². The zero-order valence-electron chi connectivity index (χ0n) is 14.7. The van der Waals surface area contributed by atoms with Crippen LogP contribution in [0.15, 0.2) is 46.4 Å². The van der Waals surface area contributed by atoms with E-state index in [4.69, 9.17) is 14.7 Å². The Balaban J connectivity index is 2.34. The average Bonchev–Trinajstić information content (AvgIpc) is 2.67. The highest BCUT2D eigenvalue weighted by Crippen LogP contribution is 2.34. The van der Waals surface area contributed by atoms with Gasteiger partial charge in [0.15, 0.2) is 18.1 Å². The van der Waals surface area contributed by atoms with Crippen molar-refractivity contribution in [1.29, 1.82) is 10.5 Å². The molecule has 0 heterocycles. The van der Waals surface area contributed by atoms with Crippen molar-refractivity contribution in [3.63, 3.8) is 0 Å². The fraction of sp³-hybridized carbons (Fsp3) is 0.150. The monoisotopic (exact) mass is 425 g/mol. The van der Waals surface area contributed by atoms with E-state index in [-0.39, 0.29) is 12.2 Å². The van der Waals surface area contributed by atoms with E-state index in [1.807, 2.05) is 31.2 Å². The molecule has 0 aliphatic heterocycles. The Labute approximate surface area is 165 Å². The van der Waals surface area contributed by atoms with Gasteiger partial charge in [-0.15, -0.1) is 0 Å². The maximum Gasteiger partial charge on any atom is 0.266 e. The summed E-state index contributed by atoms with van der Waals surface area (Å²) in [5, 5.41) is 20.8. The summed E-state index contributed by atoms with van der Waals surface area (Å²) < 4.78 is 11.2. The number of benzene rings is 2. The number of methoxy groups -OCH3 is 1. The van der Waals surface area contributed by atoms with Crippen LogP contribution < -0.4 is 14.8 Å². The molecule has 1 amide bonds. The Kier molecular flexibility index (Phi) is 6.99. The lowest BCUT2D eigenvalue weighted by Gasteiger charge is -2.11. The van der Waals surface area contributed by atoms with Crippen LogP contribution in [0.2, 0.25) is 0 Å². The predicted octanol–water partition coefficient (Wildman–Crippen LogP) is 4.21. The van der Waals surface area contributed by atoms with E-state index in [1.165, 1.54) is 13.2 Å². The molecular formula is C20H16BrN3O3. The number of nitriles is 2. The van der Waals surface area contributed by atoms with E-state index < -0.39 is 5.91 Å². The van der Waals surface area contributed by atoms with Gasteiger partial charge in [0.2, 0.25) is 0 Å². The molecule has 2 aromatic carbocycles. The second kappa shape index (κ2) is 9.42. The topological polar surface area (TPSA) is 95.1 Å². The first-order chi connectivity index (χ1) is 13.0. The van der Waals surface area contributed by atoms with E-state index in [2.05, 4.69) is 21.2 Å². The molecule has 0 unspecified atom stereocenters. The lowest BCUT2D eigenvalue weighted by Crippen LogP contribution is -2.14. The number of hydrogen-bond acceptors (Lipinski definition) is 5. The molecule has 27 heavy (non-hydrogen) atoms. The van der Waals surface area contributed by atoms with Crippen LogP contribution in [0.25, 0.3) is 6.08 Å². The number of nitrogens with zero attached hydrogens (tertiary/aromatic N) is 2. The third-order valence-electron chi connectivity index (χ3n) is 3.63. The van der Waals surface area contributed by atoms with Gasteiger partial charge < -0.3 is 14.8 Å². The van der Waals surface area contributed by atoms with Gasteiger partial charge in [-0.25, -0.2) is 0 Å². The SMILES string of the molecule is COc1cc(/C=C(/C#N)C(=O)Nc2ccccc2C)c(Br)cc1OCC#N. The fourth-order valence-electron chi connectivity index (χ4n) is 2.25. The molecule has 6 nitrogen and oxygen atoms in total. The molecule has 0 radical (unpaired) electrons. The third-order valence-corrected chi connectivity index (χ3v) is 4.32. The molecule has 0 aromatic heterocycles. The van der Waals surface area contributed by atoms with Gasteiger partial charge in [0.05, 0.1) is 7.11 Å². The van der Waals surface area contributed by atoms with Gasteiger partial charge in [0.25, 0.3) is 5.91 Å². The fourth-order valence-corrected chi connectivity index (χ4v) is 2.69. The number of para-hydroxylation sites is 1. The minimum Gasteiger partial charge on any atom is -0.493 e. The number of rotatable bonds is 6. The van der Waals surface area contributed by atoms with Crippen molar-refractivity contribution in [2.45, 2.75) is 6.92 Å². The molecule has 2 rings (SSSR count). The Morgan fingerprint density at radius 2 is 2.00 bits per heavy atom. The number of nitrogens with one attached hydrogen (secondary N) is 1. The first kappa shape index (κ1) is 20.0. The molecule has 0 fully saturated rings. The normalized spacial score (nSPS) is 10.5. The lowest BCUT2D eigenvalue weighted by atomic mass is 10.1. The molecule has 7 heteroatoms. The number of anilines is 1. The molecule has 0 aliphatic carbocycles. The number of halogens is 1. The van der Waals surface area contributed by atoms with E-state index in [0.717, 1.165) is 5.56 Å². The Morgan fingerprint density at radius 1 is 1.26 bits per heavy atom. The standard InChI is InChI=1S/C20H16BrN3O3/c1-13-5-3-4-6-17(13)24-20(25)15(12-23)9-14-10-18(26-2)19(11-16(14)21)27-8-7-22/h3-6,9-11H,8H2,1-2H3,(H,24,25)/b15-9-. The highest BCUT2D eigenvalue weighted by atomic mass is 79.9. The van der Waals surface area contributed by atoms with Gasteiger partial charge in [-0.3, -0.25) is 4.79 Å². The van der Waals surface area contributed by atoms with Crippen LogP contribution in [0.3, 0.4) is 0 Å². The van der Waals surface area contributed by atoms with Gasteiger partial charge in [0, 0.05) is 10.2 Å². The minimum atomic E-state index is -0.512.